The van der Waals surface area contributed by atoms with E-state index in [-0.39, 0.29) is 5.41 Å². The van der Waals surface area contributed by atoms with Crippen LogP contribution in [0.3, 0.4) is 0 Å². The normalized spacial score (nSPS) is 13.2. The molecule has 0 atom stereocenters. The second kappa shape index (κ2) is 12.0. The maximum absolute atomic E-state index is 2.42. The van der Waals surface area contributed by atoms with E-state index in [1.165, 1.54) is 121 Å². The lowest BCUT2D eigenvalue weighted by molar-refractivity contribution is 0.660. The zero-order chi connectivity index (χ0) is 37.8. The van der Waals surface area contributed by atoms with Crippen molar-refractivity contribution in [2.75, 3.05) is 0 Å². The van der Waals surface area contributed by atoms with Crippen LogP contribution in [0.25, 0.3) is 110 Å². The fourth-order valence-electron chi connectivity index (χ4n) is 10.0. The summed E-state index contributed by atoms with van der Waals surface area (Å²) >= 11 is 0. The molecule has 2 aliphatic rings. The Bertz CT molecular complexity index is 3290. The summed E-state index contributed by atoms with van der Waals surface area (Å²) in [5.41, 5.74) is 20.7. The van der Waals surface area contributed by atoms with Crippen molar-refractivity contribution in [1.29, 1.82) is 0 Å². The second-order valence-corrected chi connectivity index (χ2v) is 16.5. The van der Waals surface area contributed by atoms with E-state index in [4.69, 9.17) is 0 Å². The monoisotopic (exact) mass is 722 g/mol. The summed E-state index contributed by atoms with van der Waals surface area (Å²) in [5, 5.41) is 7.65. The number of hydrogen-bond donors (Lipinski definition) is 0. The van der Waals surface area contributed by atoms with E-state index in [0.29, 0.717) is 0 Å². The van der Waals surface area contributed by atoms with Gasteiger partial charge in [0.1, 0.15) is 0 Å². The molecule has 0 fully saturated rings. The molecule has 0 aliphatic heterocycles. The molecule has 0 heteroatoms. The largest absolute Gasteiger partial charge is 0.0619 e. The molecule has 57 heavy (non-hydrogen) atoms. The smallest absolute Gasteiger partial charge is 0.0159 e. The van der Waals surface area contributed by atoms with Crippen LogP contribution >= 0.6 is 0 Å². The van der Waals surface area contributed by atoms with Crippen molar-refractivity contribution in [3.05, 3.63) is 205 Å². The van der Waals surface area contributed by atoms with Gasteiger partial charge in [-0.15, -0.1) is 0 Å². The van der Waals surface area contributed by atoms with E-state index in [0.717, 1.165) is 0 Å². The molecule has 0 radical (unpaired) electrons. The van der Waals surface area contributed by atoms with E-state index in [1.54, 1.807) is 0 Å². The molecule has 2 aliphatic carbocycles. The minimum atomic E-state index is -0.0221. The van der Waals surface area contributed by atoms with Crippen molar-refractivity contribution < 1.29 is 0 Å². The number of rotatable bonds is 4. The van der Waals surface area contributed by atoms with Crippen LogP contribution < -0.4 is 0 Å². The molecule has 0 nitrogen and oxygen atoms in total. The zero-order valence-electron chi connectivity index (χ0n) is 32.0. The highest BCUT2D eigenvalue weighted by Gasteiger charge is 2.35. The lowest BCUT2D eigenvalue weighted by atomic mass is 9.81. The Hall–Kier alpha value is -7.02. The van der Waals surface area contributed by atoms with Gasteiger partial charge in [0.2, 0.25) is 0 Å². The van der Waals surface area contributed by atoms with Gasteiger partial charge in [-0.3, -0.25) is 0 Å². The third kappa shape index (κ3) is 4.87. The summed E-state index contributed by atoms with van der Waals surface area (Å²) in [7, 11) is 0. The van der Waals surface area contributed by atoms with Crippen molar-refractivity contribution >= 4 is 32.3 Å². The molecule has 266 valence electrons. The van der Waals surface area contributed by atoms with Crippen LogP contribution in [0.15, 0.2) is 194 Å². The van der Waals surface area contributed by atoms with E-state index in [9.17, 15) is 0 Å². The van der Waals surface area contributed by atoms with Gasteiger partial charge in [0, 0.05) is 5.41 Å². The second-order valence-electron chi connectivity index (χ2n) is 16.5. The van der Waals surface area contributed by atoms with Gasteiger partial charge in [0.25, 0.3) is 0 Å². The van der Waals surface area contributed by atoms with Crippen LogP contribution in [0.2, 0.25) is 0 Å². The maximum Gasteiger partial charge on any atom is 0.0159 e. The molecule has 10 aromatic carbocycles. The average molecular weight is 723 g/mol. The van der Waals surface area contributed by atoms with Crippen LogP contribution in [-0.2, 0) is 5.41 Å². The Morgan fingerprint density at radius 3 is 1.44 bits per heavy atom. The topological polar surface area (TPSA) is 0 Å². The van der Waals surface area contributed by atoms with E-state index in [1.807, 2.05) is 0 Å². The first-order chi connectivity index (χ1) is 28.0. The molecule has 12 rings (SSSR count). The van der Waals surface area contributed by atoms with Gasteiger partial charge in [0.05, 0.1) is 0 Å². The van der Waals surface area contributed by atoms with Crippen LogP contribution in [0.4, 0.5) is 0 Å². The van der Waals surface area contributed by atoms with Crippen LogP contribution in [-0.4, -0.2) is 0 Å². The van der Waals surface area contributed by atoms with Gasteiger partial charge < -0.3 is 0 Å². The number of fused-ring (bicyclic) bond motifs is 8. The van der Waals surface area contributed by atoms with Crippen LogP contribution in [0.1, 0.15) is 25.0 Å². The minimum Gasteiger partial charge on any atom is -0.0619 e. The highest BCUT2D eigenvalue weighted by molar-refractivity contribution is 6.18. The summed E-state index contributed by atoms with van der Waals surface area (Å²) < 4.78 is 0. The summed E-state index contributed by atoms with van der Waals surface area (Å²) in [4.78, 5) is 0. The van der Waals surface area contributed by atoms with Crippen molar-refractivity contribution in [2.24, 2.45) is 0 Å². The molecule has 0 amide bonds. The highest BCUT2D eigenvalue weighted by atomic mass is 14.4. The summed E-state index contributed by atoms with van der Waals surface area (Å²) in [6.45, 7) is 4.71. The first kappa shape index (κ1) is 32.2. The summed E-state index contributed by atoms with van der Waals surface area (Å²) in [5.74, 6) is 0. The van der Waals surface area contributed by atoms with Crippen molar-refractivity contribution in [2.45, 2.75) is 19.3 Å². The molecule has 0 aromatic heterocycles. The lowest BCUT2D eigenvalue weighted by Gasteiger charge is -2.22. The predicted molar refractivity (Wildman–Crippen MR) is 243 cm³/mol. The number of benzene rings is 10. The molecule has 0 unspecified atom stereocenters. The van der Waals surface area contributed by atoms with Crippen molar-refractivity contribution in [3.63, 3.8) is 0 Å². The van der Waals surface area contributed by atoms with Gasteiger partial charge in [0.15, 0.2) is 0 Å². The Kier molecular flexibility index (Phi) is 6.78. The Morgan fingerprint density at radius 2 is 0.719 bits per heavy atom. The summed E-state index contributed by atoms with van der Waals surface area (Å²) in [6, 6.07) is 72.9. The predicted octanol–water partition coefficient (Wildman–Crippen LogP) is 15.8. The third-order valence-corrected chi connectivity index (χ3v) is 13.0. The highest BCUT2D eigenvalue weighted by Crippen LogP contribution is 2.51. The molecule has 10 aromatic rings. The van der Waals surface area contributed by atoms with E-state index in [2.05, 4.69) is 208 Å². The van der Waals surface area contributed by atoms with Crippen LogP contribution in [0.5, 0.6) is 0 Å². The zero-order valence-corrected chi connectivity index (χ0v) is 32.0. The van der Waals surface area contributed by atoms with E-state index >= 15 is 0 Å². The first-order valence-corrected chi connectivity index (χ1v) is 20.1. The van der Waals surface area contributed by atoms with Gasteiger partial charge in [-0.25, -0.2) is 0 Å². The fraction of sp³-hybridized carbons (Fsp3) is 0.0526. The SMILES string of the molecule is CC1(C)c2ccccc2-c2ccc(-c3ccc4cc(-c5cc(-c6ccc7ccccc7c6)cc(-c6ccc7c8c(cccc68)-c6ccccc6-7)c5)ccc4c3)cc21. The standard InChI is InChI=1S/C57H38/c1-57(2)54-17-8-7-14-49(54)50-25-24-42(34-55(50)57)39-21-20-38-30-41(23-22-37(38)29-39)44-31-43(40-19-18-35-10-3-4-11-36(35)28-40)32-45(33-44)46-26-27-53-48-13-6-5-12-47(48)52-16-9-15-51(46)56(52)53/h3-34H,1-2H3. The molecule has 0 bridgehead atoms. The molecule has 0 N–H and O–H groups in total. The minimum absolute atomic E-state index is 0.0221. The quantitative estimate of drug-likeness (QED) is 0.170. The number of hydrogen-bond acceptors (Lipinski definition) is 0. The first-order valence-electron chi connectivity index (χ1n) is 20.1. The molecule has 0 heterocycles. The Morgan fingerprint density at radius 1 is 0.263 bits per heavy atom. The van der Waals surface area contributed by atoms with Crippen molar-refractivity contribution in [1.82, 2.24) is 0 Å². The van der Waals surface area contributed by atoms with Crippen LogP contribution in [0, 0.1) is 0 Å². The van der Waals surface area contributed by atoms with Gasteiger partial charge >= 0.3 is 0 Å². The summed E-state index contributed by atoms with van der Waals surface area (Å²) in [6.07, 6.45) is 0. The molecule has 0 saturated carbocycles. The van der Waals surface area contributed by atoms with Gasteiger partial charge in [-0.2, -0.15) is 0 Å². The van der Waals surface area contributed by atoms with Gasteiger partial charge in [-0.1, -0.05) is 166 Å². The van der Waals surface area contributed by atoms with E-state index < -0.39 is 0 Å². The Balaban J connectivity index is 0.985. The molecule has 0 saturated heterocycles. The molecular weight excluding hydrogens is 685 g/mol. The lowest BCUT2D eigenvalue weighted by Crippen LogP contribution is -2.14. The van der Waals surface area contributed by atoms with Crippen molar-refractivity contribution in [3.8, 4) is 77.9 Å². The molecule has 0 spiro atoms. The maximum atomic E-state index is 2.42. The van der Waals surface area contributed by atoms with Gasteiger partial charge in [-0.05, 0) is 164 Å². The Labute approximate surface area is 333 Å². The molecular formula is C57H38. The fourth-order valence-corrected chi connectivity index (χ4v) is 10.0. The third-order valence-electron chi connectivity index (χ3n) is 13.0. The average Bonchev–Trinajstić information content (AvgIpc) is 3.71.